The molecule has 0 aliphatic rings. The fraction of sp³-hybridized carbons (Fsp3) is 0.455. The Balaban J connectivity index is 2.49. The second-order valence-corrected chi connectivity index (χ2v) is 4.58. The second-order valence-electron chi connectivity index (χ2n) is 4.58. The number of rotatable bonds is 4. The van der Waals surface area contributed by atoms with Gasteiger partial charge < -0.3 is 5.32 Å². The third kappa shape index (κ3) is 2.42. The van der Waals surface area contributed by atoms with Gasteiger partial charge in [0.1, 0.15) is 5.69 Å². The summed E-state index contributed by atoms with van der Waals surface area (Å²) >= 11 is 0. The normalized spacial score (nSPS) is 11.0. The molecule has 0 saturated heterocycles. The summed E-state index contributed by atoms with van der Waals surface area (Å²) < 4.78 is 3.22. The fourth-order valence-corrected chi connectivity index (χ4v) is 1.85. The van der Waals surface area contributed by atoms with E-state index in [2.05, 4.69) is 15.5 Å². The summed E-state index contributed by atoms with van der Waals surface area (Å²) in [6.45, 7) is 5.46. The summed E-state index contributed by atoms with van der Waals surface area (Å²) in [5, 5.41) is 22.5. The smallest absolute Gasteiger partial charge is 0.318 e. The minimum Gasteiger partial charge on any atom is -0.318 e. The van der Waals surface area contributed by atoms with Crippen LogP contribution in [-0.2, 0) is 7.05 Å². The van der Waals surface area contributed by atoms with Gasteiger partial charge in [-0.2, -0.15) is 10.2 Å². The highest BCUT2D eigenvalue weighted by Crippen LogP contribution is 2.32. The average Bonchev–Trinajstić information content (AvgIpc) is 2.83. The molecule has 2 rings (SSSR count). The van der Waals surface area contributed by atoms with Gasteiger partial charge in [0, 0.05) is 25.4 Å². The van der Waals surface area contributed by atoms with Crippen molar-refractivity contribution < 1.29 is 4.92 Å². The Hall–Kier alpha value is -2.38. The van der Waals surface area contributed by atoms with Crippen LogP contribution in [0, 0.1) is 17.0 Å². The molecule has 0 unspecified atom stereocenters. The Morgan fingerprint density at radius 2 is 2.11 bits per heavy atom. The van der Waals surface area contributed by atoms with E-state index in [-0.39, 0.29) is 11.7 Å². The summed E-state index contributed by atoms with van der Waals surface area (Å²) in [6.07, 6.45) is 1.76. The average molecular weight is 264 g/mol. The summed E-state index contributed by atoms with van der Waals surface area (Å²) in [6, 6.07) is 1.76. The van der Waals surface area contributed by atoms with Crippen LogP contribution in [0.2, 0.25) is 0 Å². The van der Waals surface area contributed by atoms with E-state index in [1.807, 2.05) is 13.8 Å². The van der Waals surface area contributed by atoms with E-state index in [1.54, 1.807) is 35.6 Å². The number of hydrogen-bond acceptors (Lipinski definition) is 5. The topological polar surface area (TPSA) is 90.8 Å². The van der Waals surface area contributed by atoms with Crippen molar-refractivity contribution in [2.75, 3.05) is 5.32 Å². The van der Waals surface area contributed by atoms with Crippen molar-refractivity contribution in [3.63, 3.8) is 0 Å². The maximum Gasteiger partial charge on any atom is 0.334 e. The van der Waals surface area contributed by atoms with E-state index in [1.165, 1.54) is 0 Å². The SMILES string of the molecule is Cc1nn(C(C)C)c(Nc2ccn(C)n2)c1[N+](=O)[O-]. The molecule has 2 aromatic heterocycles. The predicted octanol–water partition coefficient (Wildman–Crippen LogP) is 2.16. The molecule has 8 nitrogen and oxygen atoms in total. The molecule has 0 amide bonds. The van der Waals surface area contributed by atoms with Crippen LogP contribution in [0.25, 0.3) is 0 Å². The van der Waals surface area contributed by atoms with Gasteiger partial charge in [0.2, 0.25) is 5.82 Å². The highest BCUT2D eigenvalue weighted by Gasteiger charge is 2.26. The molecular formula is C11H16N6O2. The predicted molar refractivity (Wildman–Crippen MR) is 70.5 cm³/mol. The summed E-state index contributed by atoms with van der Waals surface area (Å²) in [4.78, 5) is 10.7. The van der Waals surface area contributed by atoms with Crippen LogP contribution in [0.3, 0.4) is 0 Å². The van der Waals surface area contributed by atoms with Crippen LogP contribution >= 0.6 is 0 Å². The molecule has 0 bridgehead atoms. The van der Waals surface area contributed by atoms with Crippen molar-refractivity contribution >= 4 is 17.3 Å². The van der Waals surface area contributed by atoms with Gasteiger partial charge in [0.05, 0.1) is 4.92 Å². The Kier molecular flexibility index (Phi) is 3.24. The van der Waals surface area contributed by atoms with E-state index in [0.29, 0.717) is 17.3 Å². The van der Waals surface area contributed by atoms with Crippen LogP contribution in [0.1, 0.15) is 25.6 Å². The van der Waals surface area contributed by atoms with Crippen LogP contribution in [0.4, 0.5) is 17.3 Å². The third-order valence-corrected chi connectivity index (χ3v) is 2.69. The third-order valence-electron chi connectivity index (χ3n) is 2.69. The molecule has 0 atom stereocenters. The molecule has 2 heterocycles. The molecule has 0 saturated carbocycles. The zero-order chi connectivity index (χ0) is 14.2. The molecule has 19 heavy (non-hydrogen) atoms. The van der Waals surface area contributed by atoms with Gasteiger partial charge in [0.15, 0.2) is 5.82 Å². The highest BCUT2D eigenvalue weighted by atomic mass is 16.6. The van der Waals surface area contributed by atoms with Crippen LogP contribution in [-0.4, -0.2) is 24.5 Å². The van der Waals surface area contributed by atoms with Crippen molar-refractivity contribution in [3.8, 4) is 0 Å². The molecule has 0 aliphatic heterocycles. The molecule has 8 heteroatoms. The van der Waals surface area contributed by atoms with Gasteiger partial charge >= 0.3 is 5.69 Å². The number of aryl methyl sites for hydroxylation is 2. The second kappa shape index (κ2) is 4.71. The molecule has 1 N–H and O–H groups in total. The van der Waals surface area contributed by atoms with Crippen LogP contribution in [0.15, 0.2) is 12.3 Å². The molecule has 0 spiro atoms. The molecule has 0 fully saturated rings. The lowest BCUT2D eigenvalue weighted by Gasteiger charge is -2.10. The van der Waals surface area contributed by atoms with Gasteiger partial charge in [-0.3, -0.25) is 14.8 Å². The summed E-state index contributed by atoms with van der Waals surface area (Å²) in [5.41, 5.74) is 0.372. The number of nitrogens with one attached hydrogen (secondary N) is 1. The van der Waals surface area contributed by atoms with E-state index in [0.717, 1.165) is 0 Å². The van der Waals surface area contributed by atoms with Gasteiger partial charge in [-0.1, -0.05) is 0 Å². The minimum absolute atomic E-state index is 0.0126. The van der Waals surface area contributed by atoms with E-state index in [9.17, 15) is 10.1 Å². The first kappa shape index (κ1) is 13.1. The number of nitrogens with zero attached hydrogens (tertiary/aromatic N) is 5. The zero-order valence-corrected chi connectivity index (χ0v) is 11.3. The number of nitro groups is 1. The Bertz CT molecular complexity index is 613. The lowest BCUT2D eigenvalue weighted by molar-refractivity contribution is -0.384. The first-order chi connectivity index (χ1) is 8.90. The molecule has 2 aromatic rings. The number of anilines is 2. The Morgan fingerprint density at radius 3 is 2.58 bits per heavy atom. The highest BCUT2D eigenvalue weighted by molar-refractivity contribution is 5.65. The lowest BCUT2D eigenvalue weighted by Crippen LogP contribution is -2.08. The lowest BCUT2D eigenvalue weighted by atomic mass is 10.3. The van der Waals surface area contributed by atoms with Gasteiger partial charge in [-0.25, -0.2) is 4.68 Å². The summed E-state index contributed by atoms with van der Waals surface area (Å²) in [7, 11) is 1.78. The van der Waals surface area contributed by atoms with Crippen molar-refractivity contribution in [2.24, 2.45) is 7.05 Å². The first-order valence-corrected chi connectivity index (χ1v) is 5.90. The Labute approximate surface area is 110 Å². The maximum atomic E-state index is 11.2. The Morgan fingerprint density at radius 1 is 1.42 bits per heavy atom. The monoisotopic (exact) mass is 264 g/mol. The quantitative estimate of drug-likeness (QED) is 0.675. The van der Waals surface area contributed by atoms with Gasteiger partial charge in [0.25, 0.3) is 0 Å². The van der Waals surface area contributed by atoms with Gasteiger partial charge in [-0.05, 0) is 20.8 Å². The standard InChI is InChI=1S/C11H16N6O2/c1-7(2)16-11(10(17(18)19)8(3)13-16)12-9-5-6-15(4)14-9/h5-7H,1-4H3,(H,12,14). The molecule has 0 aromatic carbocycles. The summed E-state index contributed by atoms with van der Waals surface area (Å²) in [5.74, 6) is 0.906. The minimum atomic E-state index is -0.424. The van der Waals surface area contributed by atoms with Crippen molar-refractivity contribution in [3.05, 3.63) is 28.1 Å². The van der Waals surface area contributed by atoms with Gasteiger partial charge in [-0.15, -0.1) is 0 Å². The number of hydrogen-bond donors (Lipinski definition) is 1. The van der Waals surface area contributed by atoms with Crippen molar-refractivity contribution in [1.29, 1.82) is 0 Å². The zero-order valence-electron chi connectivity index (χ0n) is 11.3. The molecule has 0 aliphatic carbocycles. The van der Waals surface area contributed by atoms with Crippen molar-refractivity contribution in [1.82, 2.24) is 19.6 Å². The van der Waals surface area contributed by atoms with Crippen molar-refractivity contribution in [2.45, 2.75) is 26.8 Å². The largest absolute Gasteiger partial charge is 0.334 e. The number of aromatic nitrogens is 4. The van der Waals surface area contributed by atoms with E-state index < -0.39 is 4.92 Å². The molecule has 102 valence electrons. The van der Waals surface area contributed by atoms with Crippen LogP contribution < -0.4 is 5.32 Å². The van der Waals surface area contributed by atoms with E-state index >= 15 is 0 Å². The first-order valence-electron chi connectivity index (χ1n) is 5.90. The molecular weight excluding hydrogens is 248 g/mol. The maximum absolute atomic E-state index is 11.2. The van der Waals surface area contributed by atoms with Crippen LogP contribution in [0.5, 0.6) is 0 Å². The molecule has 0 radical (unpaired) electrons. The fourth-order valence-electron chi connectivity index (χ4n) is 1.85. The van der Waals surface area contributed by atoms with E-state index in [4.69, 9.17) is 0 Å².